The van der Waals surface area contributed by atoms with Gasteiger partial charge in [-0.15, -0.1) is 0 Å². The van der Waals surface area contributed by atoms with Crippen LogP contribution in [0.4, 0.5) is 0 Å². The van der Waals surface area contributed by atoms with E-state index in [1.807, 2.05) is 12.1 Å². The van der Waals surface area contributed by atoms with Crippen molar-refractivity contribution in [2.24, 2.45) is 0 Å². The number of hydrogen-bond acceptors (Lipinski definition) is 5. The third-order valence-corrected chi connectivity index (χ3v) is 7.75. The van der Waals surface area contributed by atoms with Crippen molar-refractivity contribution < 1.29 is 17.9 Å². The van der Waals surface area contributed by atoms with Gasteiger partial charge in [0, 0.05) is 19.6 Å². The molecule has 0 unspecified atom stereocenters. The monoisotopic (exact) mass is 430 g/mol. The molecule has 2 aliphatic rings. The summed E-state index contributed by atoms with van der Waals surface area (Å²) in [5, 5.41) is 0. The summed E-state index contributed by atoms with van der Waals surface area (Å²) in [5.41, 5.74) is 2.06. The van der Waals surface area contributed by atoms with E-state index in [1.165, 1.54) is 42.2 Å². The maximum Gasteiger partial charge on any atom is 0.243 e. The molecule has 0 atom stereocenters. The molecule has 30 heavy (non-hydrogen) atoms. The summed E-state index contributed by atoms with van der Waals surface area (Å²) >= 11 is 0. The van der Waals surface area contributed by atoms with Gasteiger partial charge in [-0.05, 0) is 73.8 Å². The summed E-state index contributed by atoms with van der Waals surface area (Å²) in [6.45, 7) is 4.62. The fourth-order valence-electron chi connectivity index (χ4n) is 4.21. The normalized spacial score (nSPS) is 18.8. The smallest absolute Gasteiger partial charge is 0.243 e. The Bertz CT molecular complexity index is 971. The molecule has 1 fully saturated rings. The third-order valence-electron chi connectivity index (χ3n) is 5.81. The van der Waals surface area contributed by atoms with Crippen molar-refractivity contribution >= 4 is 10.0 Å². The Morgan fingerprint density at radius 1 is 1.00 bits per heavy atom. The summed E-state index contributed by atoms with van der Waals surface area (Å²) < 4.78 is 38.1. The highest BCUT2D eigenvalue weighted by molar-refractivity contribution is 7.89. The number of fused-ring (bicyclic) bond motifs is 1. The van der Waals surface area contributed by atoms with E-state index < -0.39 is 10.0 Å². The Labute approximate surface area is 179 Å². The number of hydrogen-bond donors (Lipinski definition) is 0. The summed E-state index contributed by atoms with van der Waals surface area (Å²) in [7, 11) is -1.84. The van der Waals surface area contributed by atoms with Crippen LogP contribution >= 0.6 is 0 Å². The van der Waals surface area contributed by atoms with Crippen molar-refractivity contribution in [3.63, 3.8) is 0 Å². The van der Waals surface area contributed by atoms with E-state index in [2.05, 4.69) is 17.0 Å². The predicted octanol–water partition coefficient (Wildman–Crippen LogP) is 3.65. The average Bonchev–Trinajstić information content (AvgIpc) is 3.01. The molecule has 2 heterocycles. The lowest BCUT2D eigenvalue weighted by molar-refractivity contribution is 0.220. The zero-order chi connectivity index (χ0) is 21.0. The van der Waals surface area contributed by atoms with Crippen molar-refractivity contribution in [1.82, 2.24) is 9.21 Å². The molecule has 2 aromatic rings. The van der Waals surface area contributed by atoms with E-state index in [1.54, 1.807) is 25.3 Å². The van der Waals surface area contributed by atoms with Gasteiger partial charge in [-0.25, -0.2) is 8.42 Å². The van der Waals surface area contributed by atoms with Crippen LogP contribution < -0.4 is 9.47 Å². The van der Waals surface area contributed by atoms with E-state index in [-0.39, 0.29) is 0 Å². The minimum atomic E-state index is -3.42. The second-order valence-electron chi connectivity index (χ2n) is 8.00. The molecule has 0 saturated carbocycles. The van der Waals surface area contributed by atoms with Crippen molar-refractivity contribution in [2.45, 2.75) is 43.7 Å². The first-order valence-electron chi connectivity index (χ1n) is 10.7. The molecule has 0 aliphatic carbocycles. The summed E-state index contributed by atoms with van der Waals surface area (Å²) in [6, 6.07) is 13.4. The topological polar surface area (TPSA) is 59.1 Å². The van der Waals surface area contributed by atoms with Crippen LogP contribution in [-0.2, 0) is 23.1 Å². The lowest BCUT2D eigenvalue weighted by Gasteiger charge is -2.26. The van der Waals surface area contributed by atoms with Gasteiger partial charge in [0.2, 0.25) is 10.0 Å². The van der Waals surface area contributed by atoms with Gasteiger partial charge in [0.1, 0.15) is 11.5 Å². The molecule has 0 aromatic heterocycles. The first-order chi connectivity index (χ1) is 14.6. The highest BCUT2D eigenvalue weighted by Crippen LogP contribution is 2.32. The van der Waals surface area contributed by atoms with E-state index in [4.69, 9.17) is 9.47 Å². The van der Waals surface area contributed by atoms with Gasteiger partial charge in [0.05, 0.1) is 18.6 Å². The van der Waals surface area contributed by atoms with Crippen LogP contribution in [0.25, 0.3) is 0 Å². The highest BCUT2D eigenvalue weighted by atomic mass is 32.2. The SMILES string of the molecule is COc1ccc2c(c1)CN(CCCOc1cccc(CN3CCCCC3)c1)S2(=O)=O. The zero-order valence-corrected chi connectivity index (χ0v) is 18.4. The number of likely N-dealkylation sites (tertiary alicyclic amines) is 1. The van der Waals surface area contributed by atoms with Crippen LogP contribution in [0.1, 0.15) is 36.8 Å². The van der Waals surface area contributed by atoms with Crippen LogP contribution in [0.5, 0.6) is 11.5 Å². The van der Waals surface area contributed by atoms with Crippen molar-refractivity contribution in [3.8, 4) is 11.5 Å². The fourth-order valence-corrected chi connectivity index (χ4v) is 5.86. The molecule has 2 aliphatic heterocycles. The molecular weight excluding hydrogens is 400 g/mol. The first-order valence-corrected chi connectivity index (χ1v) is 12.1. The number of piperidine rings is 1. The first kappa shape index (κ1) is 21.2. The lowest BCUT2D eigenvalue weighted by Crippen LogP contribution is -2.29. The molecule has 2 aromatic carbocycles. The molecule has 0 radical (unpaired) electrons. The number of ether oxygens (including phenoxy) is 2. The maximum atomic E-state index is 12.7. The van der Waals surface area contributed by atoms with Gasteiger partial charge in [-0.2, -0.15) is 4.31 Å². The molecule has 7 heteroatoms. The van der Waals surface area contributed by atoms with Crippen LogP contribution in [0.3, 0.4) is 0 Å². The average molecular weight is 431 g/mol. The second kappa shape index (κ2) is 9.37. The van der Waals surface area contributed by atoms with E-state index in [9.17, 15) is 8.42 Å². The van der Waals surface area contributed by atoms with Gasteiger partial charge in [-0.3, -0.25) is 4.90 Å². The largest absolute Gasteiger partial charge is 0.497 e. The molecule has 0 N–H and O–H groups in total. The molecule has 0 bridgehead atoms. The Morgan fingerprint density at radius 2 is 1.83 bits per heavy atom. The summed E-state index contributed by atoms with van der Waals surface area (Å²) in [6.07, 6.45) is 4.55. The van der Waals surface area contributed by atoms with Gasteiger partial charge >= 0.3 is 0 Å². The van der Waals surface area contributed by atoms with Crippen LogP contribution in [-0.4, -0.2) is 51.0 Å². The molecule has 1 saturated heterocycles. The Balaban J connectivity index is 1.28. The van der Waals surface area contributed by atoms with Crippen LogP contribution in [0.2, 0.25) is 0 Å². The quantitative estimate of drug-likeness (QED) is 0.598. The van der Waals surface area contributed by atoms with E-state index >= 15 is 0 Å². The third kappa shape index (κ3) is 4.79. The molecule has 0 spiro atoms. The fraction of sp³-hybridized carbons (Fsp3) is 0.478. The van der Waals surface area contributed by atoms with Crippen molar-refractivity contribution in [2.75, 3.05) is 33.4 Å². The van der Waals surface area contributed by atoms with Crippen LogP contribution in [0.15, 0.2) is 47.4 Å². The van der Waals surface area contributed by atoms with E-state index in [0.29, 0.717) is 36.8 Å². The molecular formula is C23H30N2O4S. The summed E-state index contributed by atoms with van der Waals surface area (Å²) in [4.78, 5) is 2.88. The van der Waals surface area contributed by atoms with Gasteiger partial charge < -0.3 is 9.47 Å². The Hall–Kier alpha value is -2.09. The molecule has 4 rings (SSSR count). The van der Waals surface area contributed by atoms with Crippen molar-refractivity contribution in [3.05, 3.63) is 53.6 Å². The summed E-state index contributed by atoms with van der Waals surface area (Å²) in [5.74, 6) is 1.53. The number of nitrogens with zero attached hydrogens (tertiary/aromatic N) is 2. The highest BCUT2D eigenvalue weighted by Gasteiger charge is 2.34. The number of benzene rings is 2. The number of rotatable bonds is 8. The van der Waals surface area contributed by atoms with Gasteiger partial charge in [-0.1, -0.05) is 18.6 Å². The predicted molar refractivity (Wildman–Crippen MR) is 116 cm³/mol. The lowest BCUT2D eigenvalue weighted by atomic mass is 10.1. The molecule has 162 valence electrons. The Kier molecular flexibility index (Phi) is 6.61. The minimum absolute atomic E-state index is 0.384. The molecule has 0 amide bonds. The minimum Gasteiger partial charge on any atom is -0.497 e. The van der Waals surface area contributed by atoms with Crippen LogP contribution in [0, 0.1) is 0 Å². The number of sulfonamides is 1. The Morgan fingerprint density at radius 3 is 2.63 bits per heavy atom. The standard InChI is InChI=1S/C23H30N2O4S/c1-28-21-9-10-23-20(16-21)18-25(30(23,26)27)13-6-14-29-22-8-5-7-19(15-22)17-24-11-3-2-4-12-24/h5,7-10,15-16H,2-4,6,11-14,17-18H2,1H3. The van der Waals surface area contributed by atoms with Gasteiger partial charge in [0.15, 0.2) is 0 Å². The maximum absolute atomic E-state index is 12.7. The zero-order valence-electron chi connectivity index (χ0n) is 17.5. The van der Waals surface area contributed by atoms with Gasteiger partial charge in [0.25, 0.3) is 0 Å². The van der Waals surface area contributed by atoms with Crippen molar-refractivity contribution in [1.29, 1.82) is 0 Å². The number of methoxy groups -OCH3 is 1. The molecule has 6 nitrogen and oxygen atoms in total. The van der Waals surface area contributed by atoms with E-state index in [0.717, 1.165) is 17.9 Å². The second-order valence-corrected chi connectivity index (χ2v) is 9.90.